The second-order valence-corrected chi connectivity index (χ2v) is 13.7. The maximum Gasteiger partial charge on any atom is 0.0267 e. The molecular formula is C5H5BrI2N-. The molecule has 0 aromatic carbocycles. The molecule has 0 unspecified atom stereocenters. The largest absolute Gasteiger partial charge is 0.265 e. The molecule has 0 aliphatic rings. The second-order valence-electron chi connectivity index (χ2n) is 1.08. The molecule has 1 heterocycles. The Labute approximate surface area is 80.8 Å². The minimum absolute atomic E-state index is 0.373. The maximum atomic E-state index is 3.78. The smallest absolute Gasteiger partial charge is 0.0267 e. The number of rotatable bonds is 0. The molecule has 1 nitrogen and oxygen atoms in total. The van der Waals surface area contributed by atoms with Crippen LogP contribution < -0.4 is 15.0 Å². The van der Waals surface area contributed by atoms with Crippen LogP contribution in [0, 0.1) is 0 Å². The van der Waals surface area contributed by atoms with E-state index in [9.17, 15) is 0 Å². The van der Waals surface area contributed by atoms with E-state index in [1.54, 1.807) is 12.4 Å². The maximum absolute atomic E-state index is 3.78. The molecule has 0 saturated carbocycles. The number of halogens is 3. The molecule has 1 aromatic rings. The molecule has 0 atom stereocenters. The van der Waals surface area contributed by atoms with Crippen molar-refractivity contribution in [2.45, 2.75) is 0 Å². The summed E-state index contributed by atoms with van der Waals surface area (Å²) in [5, 5.41) is 0. The van der Waals surface area contributed by atoms with E-state index >= 15 is 0 Å². The van der Waals surface area contributed by atoms with E-state index in [-0.39, 0.29) is 0 Å². The summed E-state index contributed by atoms with van der Waals surface area (Å²) < 4.78 is 0. The van der Waals surface area contributed by atoms with E-state index < -0.39 is 0 Å². The molecule has 4 heteroatoms. The van der Waals surface area contributed by atoms with Gasteiger partial charge in [0.25, 0.3) is 0 Å². The van der Waals surface area contributed by atoms with Crippen LogP contribution >= 0.6 is 31.3 Å². The Hall–Kier alpha value is 1.09. The van der Waals surface area contributed by atoms with Gasteiger partial charge in [0.2, 0.25) is 0 Å². The Morgan fingerprint density at radius 2 is 1.67 bits per heavy atom. The molecule has 0 amide bonds. The van der Waals surface area contributed by atoms with Gasteiger partial charge < -0.3 is 0 Å². The Bertz CT molecular complexity index is 97.8. The average molecular weight is 413 g/mol. The van der Waals surface area contributed by atoms with Gasteiger partial charge in [0.1, 0.15) is 0 Å². The van der Waals surface area contributed by atoms with Crippen LogP contribution in [0.4, 0.5) is 0 Å². The normalized spacial score (nSPS) is 7.78. The molecule has 52 valence electrons. The fraction of sp³-hybridized carbons (Fsp3) is 0. The second kappa shape index (κ2) is 9.09. The molecule has 1 rings (SSSR count). The molecule has 0 bridgehead atoms. The first-order valence-electron chi connectivity index (χ1n) is 2.14. The first kappa shape index (κ1) is 10.1. The van der Waals surface area contributed by atoms with Crippen molar-refractivity contribution in [1.29, 1.82) is 0 Å². The van der Waals surface area contributed by atoms with Crippen molar-refractivity contribution in [3.05, 3.63) is 30.6 Å². The van der Waals surface area contributed by atoms with E-state index in [0.717, 1.165) is 0 Å². The van der Waals surface area contributed by atoms with Gasteiger partial charge in [0.05, 0.1) is 0 Å². The number of nitrogens with zero attached hydrogens (tertiary/aromatic N) is 1. The summed E-state index contributed by atoms with van der Waals surface area (Å²) in [6.45, 7) is 0. The Morgan fingerprint density at radius 3 is 1.78 bits per heavy atom. The third-order valence-electron chi connectivity index (χ3n) is 0.566. The number of hydrogen-bond acceptors (Lipinski definition) is 1. The topological polar surface area (TPSA) is 12.9 Å². The van der Waals surface area contributed by atoms with E-state index in [2.05, 4.69) is 36.3 Å². The van der Waals surface area contributed by atoms with Gasteiger partial charge in [-0.15, -0.1) is 0 Å². The SMILES string of the molecule is Br[I-]I.c1ccncc1. The summed E-state index contributed by atoms with van der Waals surface area (Å²) >= 11 is 5.93. The third-order valence-corrected chi connectivity index (χ3v) is 0.566. The van der Waals surface area contributed by atoms with Gasteiger partial charge in [0.15, 0.2) is 0 Å². The van der Waals surface area contributed by atoms with Crippen LogP contribution in [0.25, 0.3) is 0 Å². The standard InChI is InChI=1S/C5H5N.BrI2/c1-2-4-6-5-3-1;1-3-2/h1-5H;/q;-1. The third kappa shape index (κ3) is 9.09. The monoisotopic (exact) mass is 412 g/mol. The van der Waals surface area contributed by atoms with Gasteiger partial charge in [-0.1, -0.05) is 6.07 Å². The zero-order valence-corrected chi connectivity index (χ0v) is 10.4. The fourth-order valence-corrected chi connectivity index (χ4v) is 0.313. The van der Waals surface area contributed by atoms with Gasteiger partial charge in [-0.3, -0.25) is 4.98 Å². The summed E-state index contributed by atoms with van der Waals surface area (Å²) in [5.74, 6) is 0. The quantitative estimate of drug-likeness (QED) is 0.539. The summed E-state index contributed by atoms with van der Waals surface area (Å²) in [4.78, 5) is 3.78. The van der Waals surface area contributed by atoms with E-state index in [0.29, 0.717) is 15.0 Å². The predicted molar refractivity (Wildman–Crippen MR) is 47.2 cm³/mol. The van der Waals surface area contributed by atoms with Crippen molar-refractivity contribution >= 4 is 31.3 Å². The average Bonchev–Trinajstić information content (AvgIpc) is 1.93. The Kier molecular flexibility index (Phi) is 10.2. The molecule has 0 spiro atoms. The van der Waals surface area contributed by atoms with Crippen LogP contribution in [0.15, 0.2) is 30.6 Å². The molecule has 0 fully saturated rings. The zero-order valence-electron chi connectivity index (χ0n) is 4.47. The minimum Gasteiger partial charge on any atom is -0.265 e. The van der Waals surface area contributed by atoms with Gasteiger partial charge >= 0.3 is 46.3 Å². The molecule has 0 N–H and O–H groups in total. The molecule has 0 aliphatic carbocycles. The van der Waals surface area contributed by atoms with Crippen LogP contribution in [-0.2, 0) is 0 Å². The zero-order chi connectivity index (χ0) is 6.95. The minimum atomic E-state index is 0.373. The summed E-state index contributed by atoms with van der Waals surface area (Å²) in [7, 11) is 0. The predicted octanol–water partition coefficient (Wildman–Crippen LogP) is -0.183. The fourth-order valence-electron chi connectivity index (χ4n) is 0.313. The summed E-state index contributed by atoms with van der Waals surface area (Å²) in [6, 6.07) is 5.72. The Balaban J connectivity index is 0.000000187. The summed E-state index contributed by atoms with van der Waals surface area (Å²) in [5.41, 5.74) is 0. The Morgan fingerprint density at radius 1 is 1.22 bits per heavy atom. The van der Waals surface area contributed by atoms with Gasteiger partial charge in [-0.05, 0) is 12.1 Å². The van der Waals surface area contributed by atoms with Crippen molar-refractivity contribution in [2.24, 2.45) is 0 Å². The van der Waals surface area contributed by atoms with E-state index in [4.69, 9.17) is 0 Å². The van der Waals surface area contributed by atoms with E-state index in [1.807, 2.05) is 18.2 Å². The van der Waals surface area contributed by atoms with Crippen molar-refractivity contribution in [3.63, 3.8) is 0 Å². The molecule has 0 aliphatic heterocycles. The number of hydrogen-bond donors (Lipinski definition) is 0. The van der Waals surface area contributed by atoms with Gasteiger partial charge in [-0.25, -0.2) is 0 Å². The summed E-state index contributed by atoms with van der Waals surface area (Å²) in [6.07, 6.45) is 3.50. The van der Waals surface area contributed by atoms with Crippen LogP contribution in [-0.4, -0.2) is 4.98 Å². The van der Waals surface area contributed by atoms with Gasteiger partial charge in [-0.2, -0.15) is 0 Å². The van der Waals surface area contributed by atoms with Crippen LogP contribution in [0.5, 0.6) is 0 Å². The number of pyridine rings is 1. The van der Waals surface area contributed by atoms with Crippen molar-refractivity contribution in [2.75, 3.05) is 0 Å². The number of aromatic nitrogens is 1. The van der Waals surface area contributed by atoms with E-state index in [1.165, 1.54) is 0 Å². The van der Waals surface area contributed by atoms with Crippen molar-refractivity contribution in [3.8, 4) is 0 Å². The molecule has 0 saturated heterocycles. The van der Waals surface area contributed by atoms with Crippen LogP contribution in [0.2, 0.25) is 0 Å². The van der Waals surface area contributed by atoms with Crippen LogP contribution in [0.1, 0.15) is 0 Å². The molecular weight excluding hydrogens is 408 g/mol. The molecule has 0 radical (unpaired) electrons. The van der Waals surface area contributed by atoms with Crippen molar-refractivity contribution < 1.29 is 15.0 Å². The van der Waals surface area contributed by atoms with Crippen molar-refractivity contribution in [1.82, 2.24) is 4.98 Å². The first-order chi connectivity index (χ1) is 4.41. The molecule has 9 heavy (non-hydrogen) atoms. The van der Waals surface area contributed by atoms with Crippen LogP contribution in [0.3, 0.4) is 0 Å². The molecule has 1 aromatic heterocycles. The first-order valence-corrected chi connectivity index (χ1v) is 13.3. The van der Waals surface area contributed by atoms with Gasteiger partial charge in [0, 0.05) is 12.4 Å².